The van der Waals surface area contributed by atoms with Gasteiger partial charge in [-0.15, -0.1) is 0 Å². The van der Waals surface area contributed by atoms with Crippen molar-refractivity contribution < 1.29 is 4.79 Å². The third kappa shape index (κ3) is 5.14. The van der Waals surface area contributed by atoms with Crippen molar-refractivity contribution in [2.45, 2.75) is 13.0 Å². The van der Waals surface area contributed by atoms with Crippen LogP contribution >= 0.6 is 0 Å². The summed E-state index contributed by atoms with van der Waals surface area (Å²) in [6.07, 6.45) is 4.19. The lowest BCUT2D eigenvalue weighted by Crippen LogP contribution is -2.26. The van der Waals surface area contributed by atoms with Gasteiger partial charge in [-0.2, -0.15) is 0 Å². The second kappa shape index (κ2) is 8.59. The van der Waals surface area contributed by atoms with Crippen LogP contribution in [0.25, 0.3) is 0 Å². The average molecular weight is 332 g/mol. The smallest absolute Gasteiger partial charge is 0.269 e. The number of nitrogens with one attached hydrogen (secondary N) is 2. The summed E-state index contributed by atoms with van der Waals surface area (Å²) in [4.78, 5) is 20.7. The van der Waals surface area contributed by atoms with Gasteiger partial charge in [0.25, 0.3) is 5.91 Å². The van der Waals surface area contributed by atoms with Crippen molar-refractivity contribution in [3.05, 3.63) is 90.0 Å². The maximum Gasteiger partial charge on any atom is 0.269 e. The summed E-state index contributed by atoms with van der Waals surface area (Å²) in [6.45, 7) is 1.18. The van der Waals surface area contributed by atoms with Crippen LogP contribution in [-0.2, 0) is 13.0 Å². The van der Waals surface area contributed by atoms with E-state index in [1.54, 1.807) is 18.5 Å². The number of carbonyl (C=O) groups is 1. The third-order valence-electron chi connectivity index (χ3n) is 3.73. The Hall–Kier alpha value is -3.21. The molecule has 25 heavy (non-hydrogen) atoms. The van der Waals surface area contributed by atoms with E-state index < -0.39 is 0 Å². The molecule has 1 amide bonds. The van der Waals surface area contributed by atoms with Crippen LogP contribution in [0.1, 0.15) is 21.7 Å². The molecule has 0 fully saturated rings. The summed E-state index contributed by atoms with van der Waals surface area (Å²) in [6, 6.07) is 19.4. The molecule has 0 saturated heterocycles. The summed E-state index contributed by atoms with van der Waals surface area (Å²) in [5.41, 5.74) is 3.38. The lowest BCUT2D eigenvalue weighted by molar-refractivity contribution is 0.0949. The number of pyridine rings is 2. The fourth-order valence-corrected chi connectivity index (χ4v) is 2.42. The van der Waals surface area contributed by atoms with E-state index in [1.165, 1.54) is 5.56 Å². The molecule has 2 heterocycles. The molecule has 2 N–H and O–H groups in total. The van der Waals surface area contributed by atoms with Crippen LogP contribution < -0.4 is 10.6 Å². The number of hydrogen-bond donors (Lipinski definition) is 2. The van der Waals surface area contributed by atoms with Crippen LogP contribution in [0.2, 0.25) is 0 Å². The van der Waals surface area contributed by atoms with Gasteiger partial charge < -0.3 is 10.6 Å². The molecule has 0 spiro atoms. The Morgan fingerprint density at radius 3 is 2.56 bits per heavy atom. The van der Waals surface area contributed by atoms with Gasteiger partial charge in [-0.1, -0.05) is 36.4 Å². The van der Waals surface area contributed by atoms with E-state index in [0.29, 0.717) is 18.8 Å². The van der Waals surface area contributed by atoms with Crippen molar-refractivity contribution in [1.82, 2.24) is 15.3 Å². The maximum absolute atomic E-state index is 12.2. The molecule has 126 valence electrons. The van der Waals surface area contributed by atoms with E-state index in [2.05, 4.69) is 20.6 Å². The second-order valence-electron chi connectivity index (χ2n) is 5.60. The first kappa shape index (κ1) is 16.6. The Bertz CT molecular complexity index is 806. The molecule has 5 nitrogen and oxygen atoms in total. The van der Waals surface area contributed by atoms with Gasteiger partial charge in [-0.05, 0) is 36.2 Å². The molecule has 3 rings (SSSR count). The number of nitrogens with zero attached hydrogens (tertiary/aromatic N) is 2. The average Bonchev–Trinajstić information content (AvgIpc) is 2.68. The summed E-state index contributed by atoms with van der Waals surface area (Å²) in [7, 11) is 0. The second-order valence-corrected chi connectivity index (χ2v) is 5.60. The van der Waals surface area contributed by atoms with Gasteiger partial charge in [0.05, 0.1) is 12.2 Å². The molecule has 0 aliphatic rings. The quantitative estimate of drug-likeness (QED) is 0.698. The fourth-order valence-electron chi connectivity index (χ4n) is 2.42. The Balaban J connectivity index is 1.52. The molecule has 0 saturated carbocycles. The standard InChI is InChI=1S/C20H20N4O/c25-20(23-12-9-16-6-2-1-3-7-16)19-14-17(10-13-22-19)24-15-18-8-4-5-11-21-18/h1-8,10-11,13-14H,9,12,15H2,(H,22,24)(H,23,25). The molecule has 0 radical (unpaired) electrons. The number of rotatable bonds is 7. The van der Waals surface area contributed by atoms with E-state index in [-0.39, 0.29) is 5.91 Å². The highest BCUT2D eigenvalue weighted by Gasteiger charge is 2.07. The minimum atomic E-state index is -0.169. The molecule has 0 aliphatic heterocycles. The molecule has 2 aromatic heterocycles. The van der Waals surface area contributed by atoms with Gasteiger partial charge in [0.2, 0.25) is 0 Å². The SMILES string of the molecule is O=C(NCCc1ccccc1)c1cc(NCc2ccccn2)ccn1. The fraction of sp³-hybridized carbons (Fsp3) is 0.150. The zero-order valence-corrected chi connectivity index (χ0v) is 13.9. The van der Waals surface area contributed by atoms with Gasteiger partial charge in [-0.25, -0.2) is 0 Å². The molecule has 0 atom stereocenters. The summed E-state index contributed by atoms with van der Waals surface area (Å²) in [5.74, 6) is -0.169. The third-order valence-corrected chi connectivity index (χ3v) is 3.73. The molecular formula is C20H20N4O. The van der Waals surface area contributed by atoms with E-state index >= 15 is 0 Å². The molecule has 3 aromatic rings. The predicted molar refractivity (Wildman–Crippen MR) is 98.3 cm³/mol. The van der Waals surface area contributed by atoms with Crippen LogP contribution in [0, 0.1) is 0 Å². The van der Waals surface area contributed by atoms with Crippen molar-refractivity contribution in [2.75, 3.05) is 11.9 Å². The molecule has 0 aliphatic carbocycles. The number of anilines is 1. The lowest BCUT2D eigenvalue weighted by Gasteiger charge is -2.08. The van der Waals surface area contributed by atoms with Gasteiger partial charge in [0.15, 0.2) is 0 Å². The number of hydrogen-bond acceptors (Lipinski definition) is 4. The Morgan fingerprint density at radius 1 is 0.920 bits per heavy atom. The number of amides is 1. The number of carbonyl (C=O) groups excluding carboxylic acids is 1. The van der Waals surface area contributed by atoms with Crippen molar-refractivity contribution in [2.24, 2.45) is 0 Å². The molecule has 0 bridgehead atoms. The van der Waals surface area contributed by atoms with E-state index in [1.807, 2.05) is 54.6 Å². The molecule has 0 unspecified atom stereocenters. The Morgan fingerprint density at radius 2 is 1.76 bits per heavy atom. The van der Waals surface area contributed by atoms with E-state index in [0.717, 1.165) is 17.8 Å². The van der Waals surface area contributed by atoms with Crippen molar-refractivity contribution in [3.63, 3.8) is 0 Å². The number of aromatic nitrogens is 2. The minimum absolute atomic E-state index is 0.169. The normalized spacial score (nSPS) is 10.2. The first-order chi connectivity index (χ1) is 12.3. The summed E-state index contributed by atoms with van der Waals surface area (Å²) < 4.78 is 0. The van der Waals surface area contributed by atoms with Crippen LogP contribution in [0.15, 0.2) is 73.1 Å². The summed E-state index contributed by atoms with van der Waals surface area (Å²) >= 11 is 0. The van der Waals surface area contributed by atoms with Crippen molar-refractivity contribution >= 4 is 11.6 Å². The zero-order valence-electron chi connectivity index (χ0n) is 13.9. The number of benzene rings is 1. The monoisotopic (exact) mass is 332 g/mol. The van der Waals surface area contributed by atoms with Gasteiger partial charge in [0.1, 0.15) is 5.69 Å². The highest BCUT2D eigenvalue weighted by Crippen LogP contribution is 2.09. The molecule has 5 heteroatoms. The molecular weight excluding hydrogens is 312 g/mol. The van der Waals surface area contributed by atoms with E-state index in [4.69, 9.17) is 0 Å². The first-order valence-electron chi connectivity index (χ1n) is 8.23. The minimum Gasteiger partial charge on any atom is -0.379 e. The van der Waals surface area contributed by atoms with Crippen LogP contribution in [0.4, 0.5) is 5.69 Å². The Kier molecular flexibility index (Phi) is 5.72. The van der Waals surface area contributed by atoms with Crippen molar-refractivity contribution in [1.29, 1.82) is 0 Å². The van der Waals surface area contributed by atoms with Gasteiger partial charge in [-0.3, -0.25) is 14.8 Å². The summed E-state index contributed by atoms with van der Waals surface area (Å²) in [5, 5.41) is 6.16. The van der Waals surface area contributed by atoms with Crippen LogP contribution in [0.5, 0.6) is 0 Å². The van der Waals surface area contributed by atoms with Gasteiger partial charge >= 0.3 is 0 Å². The van der Waals surface area contributed by atoms with Gasteiger partial charge in [0, 0.05) is 24.6 Å². The van der Waals surface area contributed by atoms with E-state index in [9.17, 15) is 4.79 Å². The largest absolute Gasteiger partial charge is 0.379 e. The maximum atomic E-state index is 12.2. The van der Waals surface area contributed by atoms with Crippen LogP contribution in [-0.4, -0.2) is 22.4 Å². The molecule has 1 aromatic carbocycles. The highest BCUT2D eigenvalue weighted by atomic mass is 16.1. The first-order valence-corrected chi connectivity index (χ1v) is 8.23. The topological polar surface area (TPSA) is 66.9 Å². The zero-order chi connectivity index (χ0) is 17.3. The van der Waals surface area contributed by atoms with Crippen molar-refractivity contribution in [3.8, 4) is 0 Å². The highest BCUT2D eigenvalue weighted by molar-refractivity contribution is 5.93. The predicted octanol–water partition coefficient (Wildman–Crippen LogP) is 3.06. The Labute approximate surface area is 147 Å². The lowest BCUT2D eigenvalue weighted by atomic mass is 10.1. The van der Waals surface area contributed by atoms with Crippen LogP contribution in [0.3, 0.4) is 0 Å².